The Morgan fingerprint density at radius 3 is 2.68 bits per heavy atom. The number of hydrogen-bond donors (Lipinski definition) is 4. The van der Waals surface area contributed by atoms with Crippen molar-refractivity contribution in [2.75, 3.05) is 26.7 Å². The number of aliphatic hydroxyl groups is 1. The van der Waals surface area contributed by atoms with E-state index >= 15 is 0 Å². The van der Waals surface area contributed by atoms with Gasteiger partial charge in [0.15, 0.2) is 0 Å². The number of aromatic nitrogens is 1. The quantitative estimate of drug-likeness (QED) is 0.419. The van der Waals surface area contributed by atoms with Gasteiger partial charge in [0.25, 0.3) is 0 Å². The van der Waals surface area contributed by atoms with Crippen LogP contribution in [0.15, 0.2) is 30.5 Å². The molecule has 4 N–H and O–H groups in total. The van der Waals surface area contributed by atoms with E-state index in [4.69, 9.17) is 0 Å². The number of rotatable bonds is 8. The van der Waals surface area contributed by atoms with Crippen LogP contribution in [-0.2, 0) is 11.2 Å². The van der Waals surface area contributed by atoms with Crippen molar-refractivity contribution in [3.8, 4) is 0 Å². The summed E-state index contributed by atoms with van der Waals surface area (Å²) in [5, 5.41) is 19.6. The molecule has 1 amide bonds. The number of nitrogens with zero attached hydrogens (tertiary/aromatic N) is 1. The molecule has 3 fully saturated rings. The van der Waals surface area contributed by atoms with Crippen molar-refractivity contribution in [2.45, 2.75) is 96.2 Å². The normalized spacial score (nSPS) is 32.5. The standard InChI is InChI=1S/C31H48N4O2/c1-29(2)20-27(34-23-11-17-35(4)18-12-23)31(15-14-30(3,37)19-26(29)31)13-9-28(36)32-16-10-22-21-33-25-8-6-5-7-24(22)25/h5-8,21,23,26-27,33-34,37H,9-20H2,1-4H3,(H,32,36)/t26-,27-,30-,31-/m0/s1. The summed E-state index contributed by atoms with van der Waals surface area (Å²) in [6.45, 7) is 9.77. The third kappa shape index (κ3) is 5.62. The zero-order chi connectivity index (χ0) is 26.3. The van der Waals surface area contributed by atoms with Crippen LogP contribution in [0.3, 0.4) is 0 Å². The number of likely N-dealkylation sites (tertiary alicyclic amines) is 1. The number of fused-ring (bicyclic) bond motifs is 2. The second kappa shape index (κ2) is 10.3. The zero-order valence-corrected chi connectivity index (χ0v) is 23.4. The maximum atomic E-state index is 13.1. The van der Waals surface area contributed by atoms with Crippen LogP contribution in [-0.4, -0.2) is 65.3 Å². The smallest absolute Gasteiger partial charge is 0.220 e. The van der Waals surface area contributed by atoms with Gasteiger partial charge in [0, 0.05) is 42.1 Å². The number of benzene rings is 1. The van der Waals surface area contributed by atoms with E-state index in [1.165, 1.54) is 23.8 Å². The first-order chi connectivity index (χ1) is 17.6. The molecule has 0 radical (unpaired) electrons. The molecule has 1 aliphatic heterocycles. The number of H-pyrrole nitrogens is 1. The van der Waals surface area contributed by atoms with Crippen LogP contribution in [0.5, 0.6) is 0 Å². The van der Waals surface area contributed by atoms with Gasteiger partial charge < -0.3 is 25.6 Å². The molecule has 204 valence electrons. The maximum Gasteiger partial charge on any atom is 0.220 e. The van der Waals surface area contributed by atoms with Gasteiger partial charge in [-0.2, -0.15) is 0 Å². The van der Waals surface area contributed by atoms with Gasteiger partial charge in [-0.25, -0.2) is 0 Å². The number of piperidine rings is 1. The Kier molecular flexibility index (Phi) is 7.47. The molecule has 4 atom stereocenters. The molecule has 2 saturated carbocycles. The van der Waals surface area contributed by atoms with E-state index in [-0.39, 0.29) is 16.7 Å². The minimum Gasteiger partial charge on any atom is -0.390 e. The Morgan fingerprint density at radius 2 is 1.89 bits per heavy atom. The highest BCUT2D eigenvalue weighted by atomic mass is 16.3. The van der Waals surface area contributed by atoms with Gasteiger partial charge in [-0.15, -0.1) is 0 Å². The summed E-state index contributed by atoms with van der Waals surface area (Å²) in [7, 11) is 2.22. The minimum absolute atomic E-state index is 0.0727. The molecule has 2 heterocycles. The largest absolute Gasteiger partial charge is 0.390 e. The van der Waals surface area contributed by atoms with Crippen LogP contribution in [0.1, 0.15) is 77.7 Å². The lowest BCUT2D eigenvalue weighted by Gasteiger charge is -2.51. The van der Waals surface area contributed by atoms with Crippen molar-refractivity contribution in [1.82, 2.24) is 20.5 Å². The predicted octanol–water partition coefficient (Wildman–Crippen LogP) is 4.63. The summed E-state index contributed by atoms with van der Waals surface area (Å²) in [6, 6.07) is 9.30. The summed E-state index contributed by atoms with van der Waals surface area (Å²) < 4.78 is 0. The van der Waals surface area contributed by atoms with Crippen molar-refractivity contribution in [1.29, 1.82) is 0 Å². The Morgan fingerprint density at radius 1 is 1.14 bits per heavy atom. The zero-order valence-electron chi connectivity index (χ0n) is 23.4. The van der Waals surface area contributed by atoms with E-state index < -0.39 is 5.60 Å². The van der Waals surface area contributed by atoms with Crippen LogP contribution in [0.25, 0.3) is 10.9 Å². The number of amides is 1. The lowest BCUT2D eigenvalue weighted by molar-refractivity contribution is -0.123. The van der Waals surface area contributed by atoms with E-state index in [0.29, 0.717) is 31.0 Å². The Bertz CT molecular complexity index is 1080. The van der Waals surface area contributed by atoms with E-state index in [1.54, 1.807) is 0 Å². The highest BCUT2D eigenvalue weighted by Crippen LogP contribution is 2.64. The first-order valence-corrected chi connectivity index (χ1v) is 14.6. The number of hydrogen-bond acceptors (Lipinski definition) is 4. The number of carbonyl (C=O) groups excluding carboxylic acids is 1. The summed E-state index contributed by atoms with van der Waals surface area (Å²) in [5.41, 5.74) is 2.02. The van der Waals surface area contributed by atoms with E-state index in [1.807, 2.05) is 13.0 Å². The minimum atomic E-state index is -0.602. The second-order valence-electron chi connectivity index (χ2n) is 13.4. The van der Waals surface area contributed by atoms with E-state index in [9.17, 15) is 9.90 Å². The monoisotopic (exact) mass is 508 g/mol. The van der Waals surface area contributed by atoms with Crippen LogP contribution in [0.2, 0.25) is 0 Å². The maximum absolute atomic E-state index is 13.1. The summed E-state index contributed by atoms with van der Waals surface area (Å²) in [5.74, 6) is 0.583. The molecular weight excluding hydrogens is 460 g/mol. The van der Waals surface area contributed by atoms with Gasteiger partial charge in [0.05, 0.1) is 5.60 Å². The molecule has 1 aromatic carbocycles. The molecule has 2 aromatic rings. The van der Waals surface area contributed by atoms with Crippen LogP contribution < -0.4 is 10.6 Å². The molecule has 0 spiro atoms. The summed E-state index contributed by atoms with van der Waals surface area (Å²) >= 11 is 0. The second-order valence-corrected chi connectivity index (χ2v) is 13.4. The fourth-order valence-electron chi connectivity index (χ4n) is 8.03. The van der Waals surface area contributed by atoms with Crippen molar-refractivity contribution >= 4 is 16.8 Å². The predicted molar refractivity (Wildman–Crippen MR) is 150 cm³/mol. The lowest BCUT2D eigenvalue weighted by atomic mass is 9.57. The van der Waals surface area contributed by atoms with Gasteiger partial charge in [0.1, 0.15) is 0 Å². The van der Waals surface area contributed by atoms with Crippen molar-refractivity contribution in [3.05, 3.63) is 36.0 Å². The number of para-hydroxylation sites is 1. The van der Waals surface area contributed by atoms with Gasteiger partial charge in [-0.1, -0.05) is 32.0 Å². The summed E-state index contributed by atoms with van der Waals surface area (Å²) in [6.07, 6.45) is 10.5. The molecule has 1 aromatic heterocycles. The molecule has 37 heavy (non-hydrogen) atoms. The first kappa shape index (κ1) is 26.7. The Balaban J connectivity index is 1.24. The number of aromatic amines is 1. The van der Waals surface area contributed by atoms with E-state index in [0.717, 1.165) is 57.1 Å². The van der Waals surface area contributed by atoms with Crippen molar-refractivity contribution in [3.63, 3.8) is 0 Å². The van der Waals surface area contributed by atoms with Crippen molar-refractivity contribution < 1.29 is 9.90 Å². The van der Waals surface area contributed by atoms with E-state index in [2.05, 4.69) is 65.8 Å². The highest BCUT2D eigenvalue weighted by molar-refractivity contribution is 5.83. The fraction of sp³-hybridized carbons (Fsp3) is 0.710. The molecule has 5 rings (SSSR count). The Labute approximate surface area is 223 Å². The average molecular weight is 509 g/mol. The van der Waals surface area contributed by atoms with Gasteiger partial charge in [-0.3, -0.25) is 4.79 Å². The first-order valence-electron chi connectivity index (χ1n) is 14.6. The summed E-state index contributed by atoms with van der Waals surface area (Å²) in [4.78, 5) is 18.8. The topological polar surface area (TPSA) is 80.4 Å². The number of carbonyl (C=O) groups is 1. The van der Waals surface area contributed by atoms with Gasteiger partial charge in [-0.05, 0) is 107 Å². The molecule has 6 nitrogen and oxygen atoms in total. The number of nitrogens with one attached hydrogen (secondary N) is 3. The molecule has 0 bridgehead atoms. The molecule has 6 heteroatoms. The molecular formula is C31H48N4O2. The Hall–Kier alpha value is -1.89. The van der Waals surface area contributed by atoms with Crippen molar-refractivity contribution in [2.24, 2.45) is 16.7 Å². The third-order valence-corrected chi connectivity index (χ3v) is 10.2. The van der Waals surface area contributed by atoms with Crippen LogP contribution in [0.4, 0.5) is 0 Å². The molecule has 1 saturated heterocycles. The fourth-order valence-corrected chi connectivity index (χ4v) is 8.03. The third-order valence-electron chi connectivity index (χ3n) is 10.2. The lowest BCUT2D eigenvalue weighted by Crippen LogP contribution is -2.54. The molecule has 2 aliphatic carbocycles. The molecule has 3 aliphatic rings. The average Bonchev–Trinajstić information content (AvgIpc) is 3.35. The van der Waals surface area contributed by atoms with Gasteiger partial charge >= 0.3 is 0 Å². The highest BCUT2D eigenvalue weighted by Gasteiger charge is 2.61. The van der Waals surface area contributed by atoms with Gasteiger partial charge in [0.2, 0.25) is 5.91 Å². The molecule has 0 unspecified atom stereocenters. The van der Waals surface area contributed by atoms with Crippen LogP contribution >= 0.6 is 0 Å². The SMILES string of the molecule is CN1CCC(N[C@H]2CC(C)(C)[C@@H]3C[C@@](C)(O)CC[C@]23CCC(=O)NCCc2c[nH]c3ccccc23)CC1. The van der Waals surface area contributed by atoms with Crippen LogP contribution in [0, 0.1) is 16.7 Å².